The van der Waals surface area contributed by atoms with Gasteiger partial charge in [0.1, 0.15) is 36.8 Å². The van der Waals surface area contributed by atoms with Gasteiger partial charge in [0.25, 0.3) is 0 Å². The van der Waals surface area contributed by atoms with Crippen LogP contribution in [0.25, 0.3) is 32.9 Å². The average molecular weight is 621 g/mol. The molecule has 2 N–H and O–H groups in total. The lowest BCUT2D eigenvalue weighted by Crippen LogP contribution is -2.50. The van der Waals surface area contributed by atoms with E-state index in [0.29, 0.717) is 71.1 Å². The number of aromatic hydroxyl groups is 1. The summed E-state index contributed by atoms with van der Waals surface area (Å²) in [4.78, 5) is 18.7. The van der Waals surface area contributed by atoms with Gasteiger partial charge in [0.05, 0.1) is 22.1 Å². The molecule has 4 aromatic rings. The van der Waals surface area contributed by atoms with Crippen LogP contribution in [0.2, 0.25) is 0 Å². The van der Waals surface area contributed by atoms with Gasteiger partial charge in [-0.15, -0.1) is 0 Å². The van der Waals surface area contributed by atoms with Gasteiger partial charge in [0.2, 0.25) is 0 Å². The minimum absolute atomic E-state index is 0.0280. The Bertz CT molecular complexity index is 1760. The first-order chi connectivity index (χ1) is 21.8. The van der Waals surface area contributed by atoms with Gasteiger partial charge in [0.15, 0.2) is 0 Å². The molecule has 3 aliphatic rings. The largest absolute Gasteiger partial charge is 0.508 e. The van der Waals surface area contributed by atoms with E-state index in [1.165, 1.54) is 12.1 Å². The monoisotopic (exact) mass is 620 g/mol. The van der Waals surface area contributed by atoms with Gasteiger partial charge in [0, 0.05) is 56.0 Å². The van der Waals surface area contributed by atoms with Gasteiger partial charge in [-0.25, -0.2) is 13.2 Å². The lowest BCUT2D eigenvalue weighted by Gasteiger charge is -2.35. The first-order valence-electron chi connectivity index (χ1n) is 16.0. The summed E-state index contributed by atoms with van der Waals surface area (Å²) in [6.45, 7) is 6.73. The summed E-state index contributed by atoms with van der Waals surface area (Å²) in [7, 11) is 0. The first-order valence-corrected chi connectivity index (χ1v) is 16.0. The maximum Gasteiger partial charge on any atom is 0.319 e. The molecule has 8 nitrogen and oxygen atoms in total. The minimum atomic E-state index is -0.899. The van der Waals surface area contributed by atoms with Gasteiger partial charge in [-0.1, -0.05) is 19.9 Å². The molecular formula is C34H39F3N6O2. The van der Waals surface area contributed by atoms with Crippen molar-refractivity contribution in [3.8, 4) is 23.0 Å². The molecule has 0 amide bonds. The van der Waals surface area contributed by atoms with Crippen molar-refractivity contribution < 1.29 is 23.0 Å². The summed E-state index contributed by atoms with van der Waals surface area (Å²) in [5.74, 6) is 0.215. The van der Waals surface area contributed by atoms with Crippen LogP contribution in [-0.2, 0) is 13.1 Å². The van der Waals surface area contributed by atoms with Crippen molar-refractivity contribution in [1.82, 2.24) is 25.2 Å². The zero-order chi connectivity index (χ0) is 31.3. The number of fused-ring (bicyclic) bond motifs is 3. The predicted molar refractivity (Wildman–Crippen MR) is 169 cm³/mol. The molecule has 3 aliphatic heterocycles. The van der Waals surface area contributed by atoms with Gasteiger partial charge in [-0.05, 0) is 66.8 Å². The molecule has 0 spiro atoms. The second-order valence-electron chi connectivity index (χ2n) is 12.7. The van der Waals surface area contributed by atoms with Crippen LogP contribution in [0.1, 0.15) is 50.7 Å². The number of aryl methyl sites for hydroxylation is 1. The highest BCUT2D eigenvalue weighted by molar-refractivity contribution is 6.03. The molecule has 0 aliphatic carbocycles. The van der Waals surface area contributed by atoms with Crippen LogP contribution >= 0.6 is 0 Å². The molecule has 3 fully saturated rings. The highest BCUT2D eigenvalue weighted by Gasteiger charge is 2.49. The number of ether oxygens (including phenoxy) is 1. The molecule has 5 heterocycles. The summed E-state index contributed by atoms with van der Waals surface area (Å²) >= 11 is 0. The Balaban J connectivity index is 1.40. The zero-order valence-electron chi connectivity index (χ0n) is 25.8. The second-order valence-corrected chi connectivity index (χ2v) is 12.7. The van der Waals surface area contributed by atoms with Crippen molar-refractivity contribution in [2.24, 2.45) is 0 Å². The van der Waals surface area contributed by atoms with Crippen molar-refractivity contribution >= 4 is 27.5 Å². The molecule has 238 valence electrons. The Morgan fingerprint density at radius 2 is 2.00 bits per heavy atom. The number of benzene rings is 2. The van der Waals surface area contributed by atoms with E-state index in [1.807, 2.05) is 6.92 Å². The quantitative estimate of drug-likeness (QED) is 0.253. The third-order valence-corrected chi connectivity index (χ3v) is 9.97. The Labute approximate surface area is 260 Å². The Hall–Kier alpha value is -3.70. The van der Waals surface area contributed by atoms with Gasteiger partial charge in [-0.3, -0.25) is 9.88 Å². The highest BCUT2D eigenvalue weighted by Crippen LogP contribution is 2.42. The summed E-state index contributed by atoms with van der Waals surface area (Å²) in [5.41, 5.74) is 1.36. The number of phenols is 1. The fourth-order valence-corrected chi connectivity index (χ4v) is 7.74. The van der Waals surface area contributed by atoms with E-state index in [2.05, 4.69) is 22.0 Å². The third-order valence-electron chi connectivity index (χ3n) is 9.97. The minimum Gasteiger partial charge on any atom is -0.508 e. The maximum absolute atomic E-state index is 15.3. The number of aromatic nitrogens is 3. The fraction of sp³-hybridized carbons (Fsp3) is 0.500. The Morgan fingerprint density at radius 3 is 2.80 bits per heavy atom. The van der Waals surface area contributed by atoms with Crippen LogP contribution in [0.4, 0.5) is 19.0 Å². The number of nitrogens with one attached hydrogen (secondary N) is 1. The van der Waals surface area contributed by atoms with E-state index >= 15 is 8.78 Å². The molecule has 11 heteroatoms. The summed E-state index contributed by atoms with van der Waals surface area (Å²) in [6.07, 6.45) is 4.33. The lowest BCUT2D eigenvalue weighted by molar-refractivity contribution is 0.107. The number of alkyl halides is 2. The van der Waals surface area contributed by atoms with Crippen molar-refractivity contribution in [3.63, 3.8) is 0 Å². The van der Waals surface area contributed by atoms with Crippen LogP contribution in [-0.4, -0.2) is 82.0 Å². The van der Waals surface area contributed by atoms with Gasteiger partial charge >= 0.3 is 6.01 Å². The van der Waals surface area contributed by atoms with Gasteiger partial charge in [-0.2, -0.15) is 9.97 Å². The number of halogens is 3. The number of rotatable bonds is 8. The molecule has 0 saturated carbocycles. The smallest absolute Gasteiger partial charge is 0.319 e. The molecule has 0 bridgehead atoms. The number of phenolic OH excluding ortho intramolecular Hbond substituents is 1. The van der Waals surface area contributed by atoms with Crippen LogP contribution < -0.4 is 15.0 Å². The van der Waals surface area contributed by atoms with Crippen LogP contribution in [0.3, 0.4) is 0 Å². The standard InChI is InChI=1S/C34H39F3N6O2/c1-3-22-18-42(11-9-38-22)32-27-16-39-30(25-13-23(44)12-20-6-7-28(37)24(4-2)29(20)25)26(15-35)31(27)40-33(41-32)45-19-34-8-5-10-43(34)17-21(36)14-34/h6-7,12-13,16,21-22,38,44H,3-5,8-11,14-15,17-19H2,1-2H3/t21-,22+,34+/m0/s1. The molecule has 0 unspecified atom stereocenters. The SMILES string of the molecule is CCc1c(F)ccc2cc(O)cc(-c3ncc4c(N5CCN[C@H](CC)C5)nc(OC[C@]56CCCN5C[C@@H](F)C6)nc4c3CF)c12. The summed E-state index contributed by atoms with van der Waals surface area (Å²) in [6, 6.07) is 6.45. The van der Waals surface area contributed by atoms with Crippen molar-refractivity contribution in [3.05, 3.63) is 47.4 Å². The average Bonchev–Trinajstić information content (AvgIpc) is 3.58. The summed E-state index contributed by atoms with van der Waals surface area (Å²) < 4.78 is 51.1. The molecule has 2 aromatic heterocycles. The topological polar surface area (TPSA) is 86.6 Å². The maximum atomic E-state index is 15.3. The molecule has 2 aromatic carbocycles. The normalized spacial score (nSPS) is 23.7. The van der Waals surface area contributed by atoms with Crippen LogP contribution in [0, 0.1) is 5.82 Å². The molecule has 0 radical (unpaired) electrons. The van der Waals surface area contributed by atoms with E-state index in [0.717, 1.165) is 32.4 Å². The first kappa shape index (κ1) is 30.0. The highest BCUT2D eigenvalue weighted by atomic mass is 19.1. The van der Waals surface area contributed by atoms with Crippen molar-refractivity contribution in [2.75, 3.05) is 44.2 Å². The molecule has 7 rings (SSSR count). The van der Waals surface area contributed by atoms with E-state index in [4.69, 9.17) is 19.7 Å². The van der Waals surface area contributed by atoms with Crippen molar-refractivity contribution in [2.45, 2.75) is 70.4 Å². The number of nitrogens with zero attached hydrogens (tertiary/aromatic N) is 5. The van der Waals surface area contributed by atoms with E-state index in [9.17, 15) is 9.50 Å². The summed E-state index contributed by atoms with van der Waals surface area (Å²) in [5, 5.41) is 16.0. The number of pyridine rings is 1. The van der Waals surface area contributed by atoms with Crippen LogP contribution in [0.5, 0.6) is 11.8 Å². The zero-order valence-corrected chi connectivity index (χ0v) is 25.8. The third kappa shape index (κ3) is 5.23. The molecular weight excluding hydrogens is 581 g/mol. The number of hydrogen-bond donors (Lipinski definition) is 2. The number of hydrogen-bond acceptors (Lipinski definition) is 8. The van der Waals surface area contributed by atoms with E-state index in [1.54, 1.807) is 18.3 Å². The van der Waals surface area contributed by atoms with E-state index < -0.39 is 18.4 Å². The number of anilines is 1. The fourth-order valence-electron chi connectivity index (χ4n) is 7.74. The molecule has 3 atom stereocenters. The van der Waals surface area contributed by atoms with Gasteiger partial charge < -0.3 is 20.1 Å². The van der Waals surface area contributed by atoms with Crippen LogP contribution in [0.15, 0.2) is 30.5 Å². The molecule has 45 heavy (non-hydrogen) atoms. The Kier molecular flexibility index (Phi) is 7.93. The van der Waals surface area contributed by atoms with Crippen molar-refractivity contribution in [1.29, 1.82) is 0 Å². The Morgan fingerprint density at radius 1 is 1.13 bits per heavy atom. The number of piperazine rings is 1. The van der Waals surface area contributed by atoms with E-state index in [-0.39, 0.29) is 41.5 Å². The lowest BCUT2D eigenvalue weighted by atomic mass is 9.93. The predicted octanol–water partition coefficient (Wildman–Crippen LogP) is 5.87. The second kappa shape index (κ2) is 11.9. The molecule has 3 saturated heterocycles.